The van der Waals surface area contributed by atoms with E-state index in [0.717, 1.165) is 22.0 Å². The lowest BCUT2D eigenvalue weighted by molar-refractivity contribution is -0.140. The van der Waals surface area contributed by atoms with Gasteiger partial charge in [0.25, 0.3) is 11.7 Å². The minimum absolute atomic E-state index is 0.0749. The van der Waals surface area contributed by atoms with E-state index in [1.54, 1.807) is 24.3 Å². The number of hydrogen-bond acceptors (Lipinski definition) is 4. The molecule has 1 aliphatic heterocycles. The van der Waals surface area contributed by atoms with Crippen LogP contribution in [0.25, 0.3) is 5.76 Å². The standard InChI is InChI=1S/C27H24BrNO4/c1-2-15-33-22-10-6-9-20(16-22)25(30)23-24(19-11-13-21(28)14-12-19)29(27(32)26(23)31)17-18-7-4-3-5-8-18/h3-14,16,24,30H,2,15,17H2,1H3/b25-23+. The molecular formula is C27H24BrNO4. The number of aliphatic hydroxyl groups excluding tert-OH is 1. The van der Waals surface area contributed by atoms with E-state index in [9.17, 15) is 14.7 Å². The number of aliphatic hydroxyl groups is 1. The SMILES string of the molecule is CCCOc1cccc(/C(O)=C2\C(=O)C(=O)N(Cc3ccccc3)C2c2ccc(Br)cc2)c1. The fourth-order valence-corrected chi connectivity index (χ4v) is 4.19. The van der Waals surface area contributed by atoms with Crippen molar-refractivity contribution in [2.45, 2.75) is 25.9 Å². The van der Waals surface area contributed by atoms with Crippen LogP contribution in [0, 0.1) is 0 Å². The van der Waals surface area contributed by atoms with Gasteiger partial charge in [-0.15, -0.1) is 0 Å². The van der Waals surface area contributed by atoms with Crippen molar-refractivity contribution in [2.75, 3.05) is 6.61 Å². The summed E-state index contributed by atoms with van der Waals surface area (Å²) in [7, 11) is 0. The van der Waals surface area contributed by atoms with Crippen LogP contribution in [0.5, 0.6) is 5.75 Å². The number of halogens is 1. The molecule has 0 bridgehead atoms. The van der Waals surface area contributed by atoms with Gasteiger partial charge in [-0.25, -0.2) is 0 Å². The van der Waals surface area contributed by atoms with E-state index in [1.807, 2.05) is 61.5 Å². The van der Waals surface area contributed by atoms with E-state index in [2.05, 4.69) is 15.9 Å². The first-order chi connectivity index (χ1) is 16.0. The van der Waals surface area contributed by atoms with E-state index < -0.39 is 17.7 Å². The van der Waals surface area contributed by atoms with Crippen molar-refractivity contribution in [3.05, 3.63) is 106 Å². The normalized spacial score (nSPS) is 17.4. The molecule has 0 aliphatic carbocycles. The van der Waals surface area contributed by atoms with Crippen LogP contribution in [0.4, 0.5) is 0 Å². The molecule has 3 aromatic carbocycles. The van der Waals surface area contributed by atoms with Gasteiger partial charge in [0.15, 0.2) is 0 Å². The van der Waals surface area contributed by atoms with Crippen molar-refractivity contribution >= 4 is 33.4 Å². The summed E-state index contributed by atoms with van der Waals surface area (Å²) in [6, 6.07) is 23.2. The molecular weight excluding hydrogens is 482 g/mol. The third-order valence-corrected chi connectivity index (χ3v) is 6.03. The fraction of sp³-hybridized carbons (Fsp3) is 0.185. The van der Waals surface area contributed by atoms with Crippen molar-refractivity contribution in [1.82, 2.24) is 4.90 Å². The third kappa shape index (κ3) is 4.86. The Kier molecular flexibility index (Phi) is 6.94. The van der Waals surface area contributed by atoms with Gasteiger partial charge in [0.05, 0.1) is 18.2 Å². The number of amides is 1. The molecule has 1 heterocycles. The molecule has 33 heavy (non-hydrogen) atoms. The number of Topliss-reactive ketones (excluding diaryl/α,β-unsaturated/α-hetero) is 1. The number of ketones is 1. The number of hydrogen-bond donors (Lipinski definition) is 1. The number of ether oxygens (including phenoxy) is 1. The van der Waals surface area contributed by atoms with Gasteiger partial charge in [0.2, 0.25) is 0 Å². The smallest absolute Gasteiger partial charge is 0.295 e. The maximum atomic E-state index is 13.2. The van der Waals surface area contributed by atoms with Gasteiger partial charge in [-0.3, -0.25) is 9.59 Å². The Morgan fingerprint density at radius 3 is 2.42 bits per heavy atom. The molecule has 168 valence electrons. The summed E-state index contributed by atoms with van der Waals surface area (Å²) in [4.78, 5) is 27.8. The number of nitrogens with zero attached hydrogens (tertiary/aromatic N) is 1. The molecule has 4 rings (SSSR count). The zero-order chi connectivity index (χ0) is 23.4. The van der Waals surface area contributed by atoms with E-state index in [-0.39, 0.29) is 17.9 Å². The van der Waals surface area contributed by atoms with Crippen LogP contribution >= 0.6 is 15.9 Å². The summed E-state index contributed by atoms with van der Waals surface area (Å²) < 4.78 is 6.56. The topological polar surface area (TPSA) is 66.8 Å². The Morgan fingerprint density at radius 1 is 1.00 bits per heavy atom. The largest absolute Gasteiger partial charge is 0.507 e. The van der Waals surface area contributed by atoms with E-state index in [0.29, 0.717) is 17.9 Å². The number of carbonyl (C=O) groups excluding carboxylic acids is 2. The summed E-state index contributed by atoms with van der Waals surface area (Å²) in [5.41, 5.74) is 2.15. The van der Waals surface area contributed by atoms with Gasteiger partial charge in [0.1, 0.15) is 11.5 Å². The van der Waals surface area contributed by atoms with Gasteiger partial charge in [-0.1, -0.05) is 77.5 Å². The van der Waals surface area contributed by atoms with Crippen molar-refractivity contribution in [1.29, 1.82) is 0 Å². The molecule has 1 amide bonds. The second-order valence-electron chi connectivity index (χ2n) is 7.84. The van der Waals surface area contributed by atoms with Crippen molar-refractivity contribution < 1.29 is 19.4 Å². The third-order valence-electron chi connectivity index (χ3n) is 5.50. The molecule has 1 saturated heterocycles. The second kappa shape index (κ2) is 10.0. The molecule has 1 fully saturated rings. The molecule has 1 N–H and O–H groups in total. The first-order valence-electron chi connectivity index (χ1n) is 10.8. The fourth-order valence-electron chi connectivity index (χ4n) is 3.92. The molecule has 0 saturated carbocycles. The van der Waals surface area contributed by atoms with E-state index in [4.69, 9.17) is 4.74 Å². The van der Waals surface area contributed by atoms with Gasteiger partial charge in [-0.05, 0) is 41.8 Å². The van der Waals surface area contributed by atoms with Crippen LogP contribution in [-0.2, 0) is 16.1 Å². The summed E-state index contributed by atoms with van der Waals surface area (Å²) in [5, 5.41) is 11.2. The summed E-state index contributed by atoms with van der Waals surface area (Å²) >= 11 is 3.43. The second-order valence-corrected chi connectivity index (χ2v) is 8.76. The molecule has 1 aliphatic rings. The minimum atomic E-state index is -0.710. The maximum absolute atomic E-state index is 13.2. The van der Waals surface area contributed by atoms with Crippen LogP contribution in [0.1, 0.15) is 36.1 Å². The molecule has 1 unspecified atom stereocenters. The number of likely N-dealkylation sites (tertiary alicyclic amines) is 1. The lowest BCUT2D eigenvalue weighted by atomic mass is 9.95. The first kappa shape index (κ1) is 22.8. The number of benzene rings is 3. The Morgan fingerprint density at radius 2 is 1.73 bits per heavy atom. The maximum Gasteiger partial charge on any atom is 0.295 e. The Bertz CT molecular complexity index is 1190. The number of rotatable bonds is 7. The van der Waals surface area contributed by atoms with Crippen LogP contribution < -0.4 is 4.74 Å². The van der Waals surface area contributed by atoms with Crippen molar-refractivity contribution in [3.63, 3.8) is 0 Å². The highest BCUT2D eigenvalue weighted by Crippen LogP contribution is 2.40. The predicted molar refractivity (Wildman–Crippen MR) is 131 cm³/mol. The zero-order valence-electron chi connectivity index (χ0n) is 18.2. The lowest BCUT2D eigenvalue weighted by Gasteiger charge is -2.25. The number of carbonyl (C=O) groups is 2. The van der Waals surface area contributed by atoms with Gasteiger partial charge < -0.3 is 14.7 Å². The van der Waals surface area contributed by atoms with E-state index in [1.165, 1.54) is 4.90 Å². The van der Waals surface area contributed by atoms with Crippen LogP contribution in [0.2, 0.25) is 0 Å². The van der Waals surface area contributed by atoms with Gasteiger partial charge in [0, 0.05) is 16.6 Å². The predicted octanol–water partition coefficient (Wildman–Crippen LogP) is 5.86. The van der Waals surface area contributed by atoms with Crippen LogP contribution in [-0.4, -0.2) is 28.3 Å². The molecule has 0 spiro atoms. The zero-order valence-corrected chi connectivity index (χ0v) is 19.8. The molecule has 0 radical (unpaired) electrons. The summed E-state index contributed by atoms with van der Waals surface area (Å²) in [5.74, 6) is -0.943. The highest BCUT2D eigenvalue weighted by atomic mass is 79.9. The van der Waals surface area contributed by atoms with Gasteiger partial charge in [-0.2, -0.15) is 0 Å². The molecule has 6 heteroatoms. The highest BCUT2D eigenvalue weighted by Gasteiger charge is 2.46. The molecule has 3 aromatic rings. The van der Waals surface area contributed by atoms with Crippen molar-refractivity contribution in [2.24, 2.45) is 0 Å². The molecule has 5 nitrogen and oxygen atoms in total. The average Bonchev–Trinajstić information content (AvgIpc) is 3.08. The van der Waals surface area contributed by atoms with Crippen LogP contribution in [0.15, 0.2) is 88.9 Å². The quantitative estimate of drug-likeness (QED) is 0.248. The van der Waals surface area contributed by atoms with Gasteiger partial charge >= 0.3 is 0 Å². The lowest BCUT2D eigenvalue weighted by Crippen LogP contribution is -2.29. The monoisotopic (exact) mass is 505 g/mol. The molecule has 0 aromatic heterocycles. The highest BCUT2D eigenvalue weighted by molar-refractivity contribution is 9.10. The Hall–Kier alpha value is -3.38. The Labute approximate surface area is 201 Å². The molecule has 1 atom stereocenters. The van der Waals surface area contributed by atoms with E-state index >= 15 is 0 Å². The minimum Gasteiger partial charge on any atom is -0.507 e. The average molecular weight is 506 g/mol. The van der Waals surface area contributed by atoms with Crippen molar-refractivity contribution in [3.8, 4) is 5.75 Å². The van der Waals surface area contributed by atoms with Crippen LogP contribution in [0.3, 0.4) is 0 Å². The summed E-state index contributed by atoms with van der Waals surface area (Å²) in [6.07, 6.45) is 0.852. The summed E-state index contributed by atoms with van der Waals surface area (Å²) in [6.45, 7) is 2.81. The first-order valence-corrected chi connectivity index (χ1v) is 11.6. The Balaban J connectivity index is 1.81.